The number of esters is 1. The Kier molecular flexibility index (Phi) is 8.79. The summed E-state index contributed by atoms with van der Waals surface area (Å²) in [6.07, 6.45) is 2.39. The number of fused-ring (bicyclic) bond motifs is 1. The lowest BCUT2D eigenvalue weighted by molar-refractivity contribution is -0.146. The highest BCUT2D eigenvalue weighted by Crippen LogP contribution is 2.46. The second kappa shape index (κ2) is 12.2. The van der Waals surface area contributed by atoms with E-state index in [1.807, 2.05) is 42.5 Å². The van der Waals surface area contributed by atoms with E-state index in [0.717, 1.165) is 29.7 Å². The van der Waals surface area contributed by atoms with Gasteiger partial charge in [-0.1, -0.05) is 36.4 Å². The van der Waals surface area contributed by atoms with Crippen molar-refractivity contribution in [1.82, 2.24) is 4.90 Å². The van der Waals surface area contributed by atoms with Gasteiger partial charge in [0.25, 0.3) is 0 Å². The molecular weight excluding hydrogens is 482 g/mol. The number of nitrogens with zero attached hydrogens (tertiary/aromatic N) is 1. The first-order chi connectivity index (χ1) is 18.4. The zero-order chi connectivity index (χ0) is 27.1. The van der Waals surface area contributed by atoms with Gasteiger partial charge in [0.05, 0.1) is 34.0 Å². The first-order valence-electron chi connectivity index (χ1n) is 12.8. The Hall–Kier alpha value is -3.71. The van der Waals surface area contributed by atoms with Crippen LogP contribution in [0, 0.1) is 0 Å². The maximum absolute atomic E-state index is 13.0. The molecule has 0 radical (unpaired) electrons. The van der Waals surface area contributed by atoms with E-state index in [4.69, 9.17) is 23.7 Å². The normalized spacial score (nSPS) is 16.9. The summed E-state index contributed by atoms with van der Waals surface area (Å²) in [6, 6.07) is 19.9. The molecule has 0 unspecified atom stereocenters. The van der Waals surface area contributed by atoms with Crippen LogP contribution in [0.25, 0.3) is 0 Å². The van der Waals surface area contributed by atoms with Crippen molar-refractivity contribution in [2.24, 2.45) is 0 Å². The third-order valence-corrected chi connectivity index (χ3v) is 7.49. The molecule has 0 bridgehead atoms. The molecule has 7 nitrogen and oxygen atoms in total. The van der Waals surface area contributed by atoms with E-state index in [-0.39, 0.29) is 19.0 Å². The number of rotatable bonds is 11. The highest BCUT2D eigenvalue weighted by atomic mass is 16.5. The lowest BCUT2D eigenvalue weighted by Crippen LogP contribution is -2.50. The van der Waals surface area contributed by atoms with Gasteiger partial charge in [0.2, 0.25) is 0 Å². The molecule has 0 amide bonds. The Bertz CT molecular complexity index is 1240. The quantitative estimate of drug-likeness (QED) is 0.324. The van der Waals surface area contributed by atoms with Crippen molar-refractivity contribution in [1.29, 1.82) is 0 Å². The highest BCUT2D eigenvalue weighted by Gasteiger charge is 2.42. The van der Waals surface area contributed by atoms with Crippen molar-refractivity contribution < 1.29 is 28.5 Å². The summed E-state index contributed by atoms with van der Waals surface area (Å²) < 4.78 is 28.0. The van der Waals surface area contributed by atoms with Gasteiger partial charge in [-0.15, -0.1) is 0 Å². The average Bonchev–Trinajstić information content (AvgIpc) is 2.96. The van der Waals surface area contributed by atoms with Crippen LogP contribution in [0.2, 0.25) is 0 Å². The molecule has 0 spiro atoms. The molecule has 1 heterocycles. The Morgan fingerprint density at radius 2 is 1.47 bits per heavy atom. The summed E-state index contributed by atoms with van der Waals surface area (Å²) in [7, 11) is 8.69. The third-order valence-electron chi connectivity index (χ3n) is 7.49. The molecule has 202 valence electrons. The molecule has 0 saturated heterocycles. The molecule has 0 saturated carbocycles. The lowest BCUT2D eigenvalue weighted by atomic mass is 9.73. The SMILES string of the molecule is COc1ccc(C[C@]2(CCC(=O)OCc3ccccc3)c3cc(OC)c(OC)cc3CCN2C)cc1OC. The maximum atomic E-state index is 13.0. The van der Waals surface area contributed by atoms with E-state index in [9.17, 15) is 4.79 Å². The molecular formula is C31H37NO6. The van der Waals surface area contributed by atoms with Gasteiger partial charge in [-0.2, -0.15) is 0 Å². The van der Waals surface area contributed by atoms with Gasteiger partial charge in [-0.05, 0) is 72.8 Å². The van der Waals surface area contributed by atoms with Crippen LogP contribution in [-0.4, -0.2) is 52.9 Å². The molecule has 3 aromatic rings. The summed E-state index contributed by atoms with van der Waals surface area (Å²) in [4.78, 5) is 15.3. The molecule has 0 aromatic heterocycles. The number of ether oxygens (including phenoxy) is 5. The molecule has 0 aliphatic carbocycles. The number of hydrogen-bond acceptors (Lipinski definition) is 7. The molecule has 1 atom stereocenters. The van der Waals surface area contributed by atoms with E-state index >= 15 is 0 Å². The molecule has 1 aliphatic rings. The minimum atomic E-state index is -0.474. The summed E-state index contributed by atoms with van der Waals surface area (Å²) in [5.74, 6) is 2.51. The fourth-order valence-electron chi connectivity index (χ4n) is 5.36. The molecule has 38 heavy (non-hydrogen) atoms. The van der Waals surface area contributed by atoms with Gasteiger partial charge in [0.1, 0.15) is 6.61 Å². The van der Waals surface area contributed by atoms with Crippen molar-refractivity contribution >= 4 is 5.97 Å². The van der Waals surface area contributed by atoms with Gasteiger partial charge in [0, 0.05) is 13.0 Å². The standard InChI is InChI=1S/C31H37NO6/c1-32-16-14-24-18-28(36-4)29(37-5)19-25(24)31(32,20-23-11-12-26(34-2)27(17-23)35-3)15-13-30(33)38-21-22-9-7-6-8-10-22/h6-12,17-19H,13-16,20-21H2,1-5H3/t31-/m1/s1. The number of methoxy groups -OCH3 is 4. The van der Waals surface area contributed by atoms with Crippen LogP contribution in [0.3, 0.4) is 0 Å². The largest absolute Gasteiger partial charge is 0.493 e. The number of hydrogen-bond donors (Lipinski definition) is 0. The molecule has 0 N–H and O–H groups in total. The van der Waals surface area contributed by atoms with Gasteiger partial charge >= 0.3 is 5.97 Å². The van der Waals surface area contributed by atoms with Crippen LogP contribution in [-0.2, 0) is 34.5 Å². The molecule has 7 heteroatoms. The zero-order valence-corrected chi connectivity index (χ0v) is 22.9. The third kappa shape index (κ3) is 5.73. The highest BCUT2D eigenvalue weighted by molar-refractivity contribution is 5.69. The van der Waals surface area contributed by atoms with Crippen molar-refractivity contribution in [2.45, 2.75) is 37.8 Å². The number of benzene rings is 3. The Labute approximate surface area is 225 Å². The minimum Gasteiger partial charge on any atom is -0.493 e. The molecule has 4 rings (SSSR count). The second-order valence-electron chi connectivity index (χ2n) is 9.58. The van der Waals surface area contributed by atoms with Crippen molar-refractivity contribution in [3.8, 4) is 23.0 Å². The van der Waals surface area contributed by atoms with Crippen LogP contribution in [0.1, 0.15) is 35.1 Å². The number of carbonyl (C=O) groups excluding carboxylic acids is 1. The summed E-state index contributed by atoms with van der Waals surface area (Å²) in [5, 5.41) is 0. The predicted molar refractivity (Wildman–Crippen MR) is 146 cm³/mol. The Morgan fingerprint density at radius 1 is 0.816 bits per heavy atom. The minimum absolute atomic E-state index is 0.221. The first-order valence-corrected chi connectivity index (χ1v) is 12.8. The topological polar surface area (TPSA) is 66.5 Å². The van der Waals surface area contributed by atoms with Gasteiger partial charge in [-0.3, -0.25) is 9.69 Å². The van der Waals surface area contributed by atoms with Gasteiger partial charge < -0.3 is 23.7 Å². The second-order valence-corrected chi connectivity index (χ2v) is 9.58. The van der Waals surface area contributed by atoms with Gasteiger partial charge in [-0.25, -0.2) is 0 Å². The predicted octanol–water partition coefficient (Wildman–Crippen LogP) is 5.17. The van der Waals surface area contributed by atoms with E-state index in [1.54, 1.807) is 28.4 Å². The van der Waals surface area contributed by atoms with E-state index in [2.05, 4.69) is 30.1 Å². The first kappa shape index (κ1) is 27.3. The fraction of sp³-hybridized carbons (Fsp3) is 0.387. The van der Waals surface area contributed by atoms with Crippen molar-refractivity contribution in [3.63, 3.8) is 0 Å². The van der Waals surface area contributed by atoms with E-state index in [1.165, 1.54) is 5.56 Å². The molecule has 1 aliphatic heterocycles. The smallest absolute Gasteiger partial charge is 0.306 e. The molecule has 3 aromatic carbocycles. The fourth-order valence-corrected chi connectivity index (χ4v) is 5.36. The zero-order valence-electron chi connectivity index (χ0n) is 22.9. The van der Waals surface area contributed by atoms with Crippen LogP contribution in [0.4, 0.5) is 0 Å². The van der Waals surface area contributed by atoms with Crippen LogP contribution in [0.15, 0.2) is 60.7 Å². The van der Waals surface area contributed by atoms with Crippen LogP contribution < -0.4 is 18.9 Å². The van der Waals surface area contributed by atoms with E-state index < -0.39 is 5.54 Å². The van der Waals surface area contributed by atoms with Gasteiger partial charge in [0.15, 0.2) is 23.0 Å². The van der Waals surface area contributed by atoms with E-state index in [0.29, 0.717) is 35.8 Å². The summed E-state index contributed by atoms with van der Waals surface area (Å²) >= 11 is 0. The molecule has 0 fully saturated rings. The summed E-state index contributed by atoms with van der Waals surface area (Å²) in [5.41, 5.74) is 3.90. The Balaban J connectivity index is 1.69. The lowest BCUT2D eigenvalue weighted by Gasteiger charge is -2.47. The maximum Gasteiger partial charge on any atom is 0.306 e. The average molecular weight is 520 g/mol. The van der Waals surface area contributed by atoms with Crippen molar-refractivity contribution in [2.75, 3.05) is 42.0 Å². The monoisotopic (exact) mass is 519 g/mol. The van der Waals surface area contributed by atoms with Crippen molar-refractivity contribution in [3.05, 3.63) is 82.9 Å². The summed E-state index contributed by atoms with van der Waals surface area (Å²) in [6.45, 7) is 1.11. The van der Waals surface area contributed by atoms with Crippen LogP contribution in [0.5, 0.6) is 23.0 Å². The number of carbonyl (C=O) groups is 1. The Morgan fingerprint density at radius 3 is 2.16 bits per heavy atom. The van der Waals surface area contributed by atoms with Crippen LogP contribution >= 0.6 is 0 Å². The number of likely N-dealkylation sites (N-methyl/N-ethyl adjacent to an activating group) is 1.